The second-order valence-electron chi connectivity index (χ2n) is 10.2. The molecule has 3 aliphatic carbocycles. The molecule has 29 heavy (non-hydrogen) atoms. The van der Waals surface area contributed by atoms with Crippen molar-refractivity contribution in [3.8, 4) is 0 Å². The third kappa shape index (κ3) is 4.54. The van der Waals surface area contributed by atoms with Crippen molar-refractivity contribution in [1.82, 2.24) is 4.90 Å². The second kappa shape index (κ2) is 9.18. The number of nitrogens with zero attached hydrogens (tertiary/aromatic N) is 2. The molecule has 1 aliphatic heterocycles. The molecule has 4 rings (SSSR count). The van der Waals surface area contributed by atoms with E-state index >= 15 is 0 Å². The van der Waals surface area contributed by atoms with Gasteiger partial charge in [-0.1, -0.05) is 32.6 Å². The number of carbonyl (C=O) groups excluding carboxylic acids is 2. The smallest absolute Gasteiger partial charge is 0.233 e. The molecule has 2 amide bonds. The first-order chi connectivity index (χ1) is 14.1. The number of fused-ring (bicyclic) bond motifs is 1. The molecular weight excluding hydrogens is 364 g/mol. The van der Waals surface area contributed by atoms with Crippen molar-refractivity contribution < 1.29 is 14.3 Å². The summed E-state index contributed by atoms with van der Waals surface area (Å²) in [5.74, 6) is 2.52. The Labute approximate surface area is 175 Å². The van der Waals surface area contributed by atoms with Gasteiger partial charge in [-0.15, -0.1) is 0 Å². The van der Waals surface area contributed by atoms with Gasteiger partial charge in [0.05, 0.1) is 11.8 Å². The second-order valence-corrected chi connectivity index (χ2v) is 10.2. The van der Waals surface area contributed by atoms with Gasteiger partial charge in [0.25, 0.3) is 0 Å². The molecular formula is C24H38N2O3. The van der Waals surface area contributed by atoms with Crippen LogP contribution in [0, 0.1) is 29.6 Å². The minimum Gasteiger partial charge on any atom is -0.480 e. The van der Waals surface area contributed by atoms with E-state index in [1.165, 1.54) is 51.3 Å². The highest BCUT2D eigenvalue weighted by Crippen LogP contribution is 2.43. The van der Waals surface area contributed by atoms with Crippen molar-refractivity contribution in [2.45, 2.75) is 96.1 Å². The first-order valence-corrected chi connectivity index (χ1v) is 12.0. The van der Waals surface area contributed by atoms with Crippen LogP contribution >= 0.6 is 0 Å². The fourth-order valence-electron chi connectivity index (χ4n) is 6.47. The highest BCUT2D eigenvalue weighted by molar-refractivity contribution is 6.05. The lowest BCUT2D eigenvalue weighted by atomic mass is 9.74. The number of likely N-dealkylation sites (tertiary alicyclic amines) is 1. The van der Waals surface area contributed by atoms with Crippen LogP contribution in [0.5, 0.6) is 0 Å². The van der Waals surface area contributed by atoms with E-state index in [1.54, 1.807) is 11.9 Å². The zero-order valence-corrected chi connectivity index (χ0v) is 18.2. The van der Waals surface area contributed by atoms with Gasteiger partial charge in [0.2, 0.25) is 11.8 Å². The van der Waals surface area contributed by atoms with Crippen molar-refractivity contribution in [3.63, 3.8) is 0 Å². The summed E-state index contributed by atoms with van der Waals surface area (Å²) in [5, 5.41) is 0. The molecule has 0 N–H and O–H groups in total. The highest BCUT2D eigenvalue weighted by Gasteiger charge is 2.52. The molecule has 0 aromatic carbocycles. The van der Waals surface area contributed by atoms with Crippen LogP contribution in [-0.4, -0.2) is 42.3 Å². The molecule has 0 aromatic rings. The van der Waals surface area contributed by atoms with E-state index in [0.717, 1.165) is 43.4 Å². The van der Waals surface area contributed by atoms with Gasteiger partial charge < -0.3 is 4.74 Å². The molecule has 3 saturated carbocycles. The van der Waals surface area contributed by atoms with E-state index in [2.05, 4.69) is 11.9 Å². The van der Waals surface area contributed by atoms with E-state index in [9.17, 15) is 9.59 Å². The first kappa shape index (κ1) is 20.9. The van der Waals surface area contributed by atoms with Crippen LogP contribution in [-0.2, 0) is 14.3 Å². The summed E-state index contributed by atoms with van der Waals surface area (Å²) in [5.41, 5.74) is 0. The molecule has 4 aliphatic rings. The summed E-state index contributed by atoms with van der Waals surface area (Å²) in [4.78, 5) is 31.7. The Hall–Kier alpha value is -1.39. The summed E-state index contributed by atoms with van der Waals surface area (Å²) in [6.45, 7) is 2.38. The Morgan fingerprint density at radius 1 is 0.897 bits per heavy atom. The van der Waals surface area contributed by atoms with Gasteiger partial charge in [-0.05, 0) is 69.1 Å². The fraction of sp³-hybridized carbons (Fsp3) is 0.875. The molecule has 4 fully saturated rings. The van der Waals surface area contributed by atoms with Crippen molar-refractivity contribution in [3.05, 3.63) is 0 Å². The molecule has 162 valence electrons. The van der Waals surface area contributed by atoms with Crippen LogP contribution in [0.15, 0.2) is 4.99 Å². The maximum absolute atomic E-state index is 13.1. The Bertz CT molecular complexity index is 618. The molecule has 5 nitrogen and oxygen atoms in total. The zero-order chi connectivity index (χ0) is 20.4. The topological polar surface area (TPSA) is 59.0 Å². The Morgan fingerprint density at radius 3 is 2.17 bits per heavy atom. The molecule has 0 bridgehead atoms. The van der Waals surface area contributed by atoms with Crippen LogP contribution in [0.3, 0.4) is 0 Å². The Balaban J connectivity index is 1.29. The lowest BCUT2D eigenvalue weighted by Gasteiger charge is -2.36. The molecule has 0 aromatic heterocycles. The van der Waals surface area contributed by atoms with E-state index in [-0.39, 0.29) is 35.8 Å². The SMILES string of the molecule is CN=COC1CCC2C(=O)N(C3CCC(CC4CCC(C)CC4)CC3)C(=O)C2C1. The van der Waals surface area contributed by atoms with Gasteiger partial charge in [-0.3, -0.25) is 19.5 Å². The predicted octanol–water partition coefficient (Wildman–Crippen LogP) is 4.59. The minimum absolute atomic E-state index is 0.0191. The number of rotatable bonds is 5. The summed E-state index contributed by atoms with van der Waals surface area (Å²) in [6, 6.07) is 0.139. The predicted molar refractivity (Wildman–Crippen MR) is 113 cm³/mol. The molecule has 3 unspecified atom stereocenters. The highest BCUT2D eigenvalue weighted by atomic mass is 16.5. The first-order valence-electron chi connectivity index (χ1n) is 12.0. The molecule has 1 saturated heterocycles. The van der Waals surface area contributed by atoms with E-state index < -0.39 is 0 Å². The molecule has 1 heterocycles. The van der Waals surface area contributed by atoms with Crippen LogP contribution in [0.25, 0.3) is 0 Å². The summed E-state index contributed by atoms with van der Waals surface area (Å²) in [6.07, 6.45) is 15.1. The zero-order valence-electron chi connectivity index (χ0n) is 18.2. The third-order valence-corrected chi connectivity index (χ3v) is 8.25. The summed E-state index contributed by atoms with van der Waals surface area (Å²) in [7, 11) is 1.68. The number of hydrogen-bond acceptors (Lipinski definition) is 4. The van der Waals surface area contributed by atoms with Gasteiger partial charge in [0.15, 0.2) is 6.40 Å². The number of carbonyl (C=O) groups is 2. The average molecular weight is 403 g/mol. The standard InChI is InChI=1S/C24H38N2O3/c1-16-3-5-17(6-4-16)13-18-7-9-19(10-8-18)26-23(27)21-12-11-20(29-15-25-2)14-22(21)24(26)28/h15-22H,3-14H2,1-2H3. The van der Waals surface area contributed by atoms with Crippen molar-refractivity contribution >= 4 is 18.2 Å². The number of ether oxygens (including phenoxy) is 1. The van der Waals surface area contributed by atoms with Gasteiger partial charge in [0, 0.05) is 13.1 Å². The number of aliphatic imine (C=N–C) groups is 1. The normalized spacial score (nSPS) is 41.0. The van der Waals surface area contributed by atoms with Gasteiger partial charge in [0.1, 0.15) is 6.10 Å². The van der Waals surface area contributed by atoms with Crippen LogP contribution in [0.4, 0.5) is 0 Å². The number of amides is 2. The third-order valence-electron chi connectivity index (χ3n) is 8.25. The van der Waals surface area contributed by atoms with Crippen molar-refractivity contribution in [2.75, 3.05) is 7.05 Å². The molecule has 3 atom stereocenters. The summed E-state index contributed by atoms with van der Waals surface area (Å²) >= 11 is 0. The number of hydrogen-bond donors (Lipinski definition) is 0. The Morgan fingerprint density at radius 2 is 1.52 bits per heavy atom. The Kier molecular flexibility index (Phi) is 6.60. The lowest BCUT2D eigenvalue weighted by molar-refractivity contribution is -0.143. The maximum atomic E-state index is 13.1. The molecule has 0 spiro atoms. The van der Waals surface area contributed by atoms with Crippen LogP contribution < -0.4 is 0 Å². The van der Waals surface area contributed by atoms with Gasteiger partial charge in [-0.25, -0.2) is 0 Å². The van der Waals surface area contributed by atoms with E-state index in [1.807, 2.05) is 0 Å². The minimum atomic E-state index is -0.173. The van der Waals surface area contributed by atoms with Crippen LogP contribution in [0.2, 0.25) is 0 Å². The lowest BCUT2D eigenvalue weighted by Crippen LogP contribution is -2.43. The van der Waals surface area contributed by atoms with E-state index in [0.29, 0.717) is 6.42 Å². The van der Waals surface area contributed by atoms with Gasteiger partial charge in [-0.2, -0.15) is 0 Å². The largest absolute Gasteiger partial charge is 0.480 e. The quantitative estimate of drug-likeness (QED) is 0.384. The van der Waals surface area contributed by atoms with Gasteiger partial charge >= 0.3 is 0 Å². The number of imide groups is 1. The maximum Gasteiger partial charge on any atom is 0.233 e. The monoisotopic (exact) mass is 402 g/mol. The van der Waals surface area contributed by atoms with Crippen LogP contribution in [0.1, 0.15) is 84.0 Å². The molecule has 5 heteroatoms. The molecule has 0 radical (unpaired) electrons. The average Bonchev–Trinajstić information content (AvgIpc) is 2.99. The fourth-order valence-corrected chi connectivity index (χ4v) is 6.47. The summed E-state index contributed by atoms with van der Waals surface area (Å²) < 4.78 is 5.62. The van der Waals surface area contributed by atoms with Crippen molar-refractivity contribution in [1.29, 1.82) is 0 Å². The van der Waals surface area contributed by atoms with Crippen molar-refractivity contribution in [2.24, 2.45) is 34.6 Å². The van der Waals surface area contributed by atoms with E-state index in [4.69, 9.17) is 4.74 Å².